The minimum atomic E-state index is 0.404. The maximum Gasteiger partial charge on any atom is 0.0681 e. The summed E-state index contributed by atoms with van der Waals surface area (Å²) in [4.78, 5) is 0. The Balaban J connectivity index is 2.17. The smallest absolute Gasteiger partial charge is 0.0681 e. The van der Waals surface area contributed by atoms with E-state index in [1.54, 1.807) is 0 Å². The quantitative estimate of drug-likeness (QED) is 0.647. The molecule has 0 amide bonds. The summed E-state index contributed by atoms with van der Waals surface area (Å²) >= 11 is 0. The zero-order valence-corrected chi connectivity index (χ0v) is 8.10. The van der Waals surface area contributed by atoms with E-state index in [9.17, 15) is 0 Å². The first-order valence-corrected chi connectivity index (χ1v) is 4.83. The van der Waals surface area contributed by atoms with Gasteiger partial charge in [0.2, 0.25) is 0 Å². The highest BCUT2D eigenvalue weighted by molar-refractivity contribution is 5.06. The van der Waals surface area contributed by atoms with Gasteiger partial charge in [0.1, 0.15) is 0 Å². The zero-order chi connectivity index (χ0) is 8.81. The zero-order valence-electron chi connectivity index (χ0n) is 8.10. The molecule has 0 aromatic heterocycles. The summed E-state index contributed by atoms with van der Waals surface area (Å²) in [5.74, 6) is 0. The SMILES string of the molecule is CCC(C)OCC1=CCNCC1. The maximum absolute atomic E-state index is 5.63. The molecule has 0 bridgehead atoms. The van der Waals surface area contributed by atoms with E-state index in [1.165, 1.54) is 5.57 Å². The fourth-order valence-corrected chi connectivity index (χ4v) is 1.17. The molecule has 12 heavy (non-hydrogen) atoms. The lowest BCUT2D eigenvalue weighted by molar-refractivity contribution is 0.0790. The molecule has 1 aliphatic rings. The molecule has 2 heteroatoms. The van der Waals surface area contributed by atoms with Crippen LogP contribution in [0.2, 0.25) is 0 Å². The van der Waals surface area contributed by atoms with Gasteiger partial charge < -0.3 is 10.1 Å². The van der Waals surface area contributed by atoms with Gasteiger partial charge in [-0.15, -0.1) is 0 Å². The summed E-state index contributed by atoms with van der Waals surface area (Å²) in [6.45, 7) is 7.23. The number of nitrogens with one attached hydrogen (secondary N) is 1. The van der Waals surface area contributed by atoms with Crippen molar-refractivity contribution >= 4 is 0 Å². The van der Waals surface area contributed by atoms with Crippen molar-refractivity contribution in [2.45, 2.75) is 32.8 Å². The average molecular weight is 169 g/mol. The predicted molar refractivity (Wildman–Crippen MR) is 51.3 cm³/mol. The minimum absolute atomic E-state index is 0.404. The van der Waals surface area contributed by atoms with Crippen LogP contribution >= 0.6 is 0 Å². The van der Waals surface area contributed by atoms with Crippen LogP contribution in [0.25, 0.3) is 0 Å². The van der Waals surface area contributed by atoms with E-state index in [1.807, 2.05) is 0 Å². The molecular formula is C10H19NO. The van der Waals surface area contributed by atoms with Gasteiger partial charge in [-0.05, 0) is 31.9 Å². The third-order valence-corrected chi connectivity index (χ3v) is 2.29. The summed E-state index contributed by atoms with van der Waals surface area (Å²) in [6.07, 6.45) is 4.90. The maximum atomic E-state index is 5.63. The summed E-state index contributed by atoms with van der Waals surface area (Å²) in [7, 11) is 0. The van der Waals surface area contributed by atoms with Gasteiger partial charge in [-0.25, -0.2) is 0 Å². The summed E-state index contributed by atoms with van der Waals surface area (Å²) < 4.78 is 5.63. The molecule has 0 aromatic carbocycles. The van der Waals surface area contributed by atoms with Gasteiger partial charge in [-0.3, -0.25) is 0 Å². The summed E-state index contributed by atoms with van der Waals surface area (Å²) in [6, 6.07) is 0. The standard InChI is InChI=1S/C10H19NO/c1-3-9(2)12-8-10-4-6-11-7-5-10/h4,9,11H,3,5-8H2,1-2H3. The van der Waals surface area contributed by atoms with E-state index in [-0.39, 0.29) is 0 Å². The van der Waals surface area contributed by atoms with Crippen LogP contribution in [-0.2, 0) is 4.74 Å². The Kier molecular flexibility index (Phi) is 4.33. The second kappa shape index (κ2) is 5.33. The molecule has 0 spiro atoms. The van der Waals surface area contributed by atoms with E-state index < -0.39 is 0 Å². The first kappa shape index (κ1) is 9.75. The van der Waals surface area contributed by atoms with E-state index in [0.29, 0.717) is 6.10 Å². The average Bonchev–Trinajstić information content (AvgIpc) is 2.16. The molecule has 70 valence electrons. The van der Waals surface area contributed by atoms with Crippen LogP contribution in [0.15, 0.2) is 11.6 Å². The first-order chi connectivity index (χ1) is 5.83. The fraction of sp³-hybridized carbons (Fsp3) is 0.800. The Labute approximate surface area is 75.0 Å². The van der Waals surface area contributed by atoms with E-state index in [0.717, 1.165) is 32.5 Å². The molecule has 1 unspecified atom stereocenters. The lowest BCUT2D eigenvalue weighted by Crippen LogP contribution is -2.22. The Morgan fingerprint density at radius 1 is 1.67 bits per heavy atom. The van der Waals surface area contributed by atoms with E-state index >= 15 is 0 Å². The van der Waals surface area contributed by atoms with E-state index in [2.05, 4.69) is 25.2 Å². The third kappa shape index (κ3) is 3.37. The van der Waals surface area contributed by atoms with Crippen molar-refractivity contribution in [3.05, 3.63) is 11.6 Å². The van der Waals surface area contributed by atoms with Crippen LogP contribution < -0.4 is 5.32 Å². The Morgan fingerprint density at radius 2 is 2.50 bits per heavy atom. The number of ether oxygens (including phenoxy) is 1. The van der Waals surface area contributed by atoms with Crippen molar-refractivity contribution in [1.82, 2.24) is 5.32 Å². The largest absolute Gasteiger partial charge is 0.374 e. The van der Waals surface area contributed by atoms with Crippen LogP contribution in [0.1, 0.15) is 26.7 Å². The fourth-order valence-electron chi connectivity index (χ4n) is 1.17. The molecule has 0 aromatic rings. The molecular weight excluding hydrogens is 150 g/mol. The second-order valence-corrected chi connectivity index (χ2v) is 3.35. The van der Waals surface area contributed by atoms with Gasteiger partial charge in [0.15, 0.2) is 0 Å². The predicted octanol–water partition coefficient (Wildman–Crippen LogP) is 1.72. The Bertz CT molecular complexity index is 154. The molecule has 0 radical (unpaired) electrons. The molecule has 2 nitrogen and oxygen atoms in total. The first-order valence-electron chi connectivity index (χ1n) is 4.83. The Hall–Kier alpha value is -0.340. The van der Waals surface area contributed by atoms with Gasteiger partial charge in [-0.1, -0.05) is 13.0 Å². The number of hydrogen-bond acceptors (Lipinski definition) is 2. The van der Waals surface area contributed by atoms with Gasteiger partial charge >= 0.3 is 0 Å². The second-order valence-electron chi connectivity index (χ2n) is 3.35. The highest BCUT2D eigenvalue weighted by Crippen LogP contribution is 2.07. The molecule has 1 N–H and O–H groups in total. The molecule has 1 heterocycles. The van der Waals surface area contributed by atoms with Crippen molar-refractivity contribution in [1.29, 1.82) is 0 Å². The highest BCUT2D eigenvalue weighted by atomic mass is 16.5. The van der Waals surface area contributed by atoms with Crippen molar-refractivity contribution in [2.75, 3.05) is 19.7 Å². The van der Waals surface area contributed by atoms with Crippen LogP contribution in [0, 0.1) is 0 Å². The van der Waals surface area contributed by atoms with Crippen molar-refractivity contribution in [2.24, 2.45) is 0 Å². The minimum Gasteiger partial charge on any atom is -0.374 e. The monoisotopic (exact) mass is 169 g/mol. The summed E-state index contributed by atoms with van der Waals surface area (Å²) in [5, 5.41) is 3.28. The molecule has 0 saturated heterocycles. The van der Waals surface area contributed by atoms with Crippen molar-refractivity contribution in [3.63, 3.8) is 0 Å². The van der Waals surface area contributed by atoms with Crippen molar-refractivity contribution in [3.8, 4) is 0 Å². The molecule has 1 aliphatic heterocycles. The van der Waals surface area contributed by atoms with E-state index in [4.69, 9.17) is 4.74 Å². The molecule has 1 rings (SSSR count). The molecule has 0 saturated carbocycles. The normalized spacial score (nSPS) is 20.3. The number of rotatable bonds is 4. The lowest BCUT2D eigenvalue weighted by Gasteiger charge is -2.16. The molecule has 1 atom stereocenters. The van der Waals surface area contributed by atoms with Crippen LogP contribution in [0.5, 0.6) is 0 Å². The van der Waals surface area contributed by atoms with Gasteiger partial charge in [0, 0.05) is 6.54 Å². The van der Waals surface area contributed by atoms with Crippen molar-refractivity contribution < 1.29 is 4.74 Å². The number of hydrogen-bond donors (Lipinski definition) is 1. The van der Waals surface area contributed by atoms with Crippen LogP contribution in [0.4, 0.5) is 0 Å². The third-order valence-electron chi connectivity index (χ3n) is 2.29. The Morgan fingerprint density at radius 3 is 3.08 bits per heavy atom. The van der Waals surface area contributed by atoms with Crippen LogP contribution in [-0.4, -0.2) is 25.8 Å². The van der Waals surface area contributed by atoms with Crippen LogP contribution in [0.3, 0.4) is 0 Å². The molecule has 0 aliphatic carbocycles. The lowest BCUT2D eigenvalue weighted by atomic mass is 10.1. The molecule has 0 fully saturated rings. The van der Waals surface area contributed by atoms with Gasteiger partial charge in [0.05, 0.1) is 12.7 Å². The van der Waals surface area contributed by atoms with Gasteiger partial charge in [-0.2, -0.15) is 0 Å². The summed E-state index contributed by atoms with van der Waals surface area (Å²) in [5.41, 5.74) is 1.45. The topological polar surface area (TPSA) is 21.3 Å². The highest BCUT2D eigenvalue weighted by Gasteiger charge is 2.04. The van der Waals surface area contributed by atoms with Gasteiger partial charge in [0.25, 0.3) is 0 Å².